The first-order valence-corrected chi connectivity index (χ1v) is 7.68. The van der Waals surface area contributed by atoms with Crippen LogP contribution in [-0.4, -0.2) is 17.5 Å². The van der Waals surface area contributed by atoms with Gasteiger partial charge in [0.15, 0.2) is 0 Å². The molecule has 2 rings (SSSR count). The number of nitrogens with zero attached hydrogens (tertiary/aromatic N) is 1. The van der Waals surface area contributed by atoms with Crippen LogP contribution in [0.3, 0.4) is 0 Å². The maximum Gasteiger partial charge on any atom is 0.410 e. The van der Waals surface area contributed by atoms with Gasteiger partial charge < -0.3 is 9.64 Å². The van der Waals surface area contributed by atoms with E-state index in [2.05, 4.69) is 15.9 Å². The van der Waals surface area contributed by atoms with Crippen LogP contribution in [0.4, 0.5) is 4.79 Å². The van der Waals surface area contributed by atoms with Crippen LogP contribution < -0.4 is 0 Å². The molecule has 3 nitrogen and oxygen atoms in total. The second-order valence-electron chi connectivity index (χ2n) is 4.68. The minimum absolute atomic E-state index is 0.288. The van der Waals surface area contributed by atoms with E-state index in [1.54, 1.807) is 4.90 Å². The van der Waals surface area contributed by atoms with Crippen molar-refractivity contribution in [2.24, 2.45) is 0 Å². The maximum absolute atomic E-state index is 12.1. The highest BCUT2D eigenvalue weighted by Crippen LogP contribution is 2.12. The monoisotopic (exact) mass is 347 g/mol. The molecule has 0 N–H and O–H groups in total. The summed E-state index contributed by atoms with van der Waals surface area (Å²) in [5, 5.41) is 0. The normalized spacial score (nSPS) is 10.2. The van der Waals surface area contributed by atoms with E-state index >= 15 is 0 Å². The lowest BCUT2D eigenvalue weighted by molar-refractivity contribution is 0.0956. The van der Waals surface area contributed by atoms with Crippen molar-refractivity contribution in [3.05, 3.63) is 70.2 Å². The molecule has 0 bridgehead atoms. The SMILES string of the molecule is CCN(Cc1ccccc1)C(=O)OCc1ccc(Br)cc1. The number of rotatable bonds is 5. The van der Waals surface area contributed by atoms with Crippen molar-refractivity contribution in [1.29, 1.82) is 0 Å². The zero-order chi connectivity index (χ0) is 15.1. The Balaban J connectivity index is 1.89. The maximum atomic E-state index is 12.1. The fourth-order valence-electron chi connectivity index (χ4n) is 1.93. The molecule has 0 aliphatic carbocycles. The first-order chi connectivity index (χ1) is 10.2. The minimum Gasteiger partial charge on any atom is -0.445 e. The van der Waals surface area contributed by atoms with Crippen LogP contribution in [0.2, 0.25) is 0 Å². The van der Waals surface area contributed by atoms with Gasteiger partial charge in [-0.25, -0.2) is 4.79 Å². The molecule has 0 aliphatic heterocycles. The minimum atomic E-state index is -0.288. The Hall–Kier alpha value is -1.81. The molecule has 0 radical (unpaired) electrons. The number of amides is 1. The van der Waals surface area contributed by atoms with E-state index in [4.69, 9.17) is 4.74 Å². The highest BCUT2D eigenvalue weighted by atomic mass is 79.9. The Bertz CT molecular complexity index is 569. The highest BCUT2D eigenvalue weighted by Gasteiger charge is 2.13. The largest absolute Gasteiger partial charge is 0.445 e. The number of hydrogen-bond acceptors (Lipinski definition) is 2. The average molecular weight is 348 g/mol. The van der Waals surface area contributed by atoms with Crippen molar-refractivity contribution >= 4 is 22.0 Å². The van der Waals surface area contributed by atoms with Gasteiger partial charge in [-0.05, 0) is 30.2 Å². The van der Waals surface area contributed by atoms with Gasteiger partial charge in [0.2, 0.25) is 0 Å². The van der Waals surface area contributed by atoms with Gasteiger partial charge in [-0.3, -0.25) is 0 Å². The van der Waals surface area contributed by atoms with Crippen LogP contribution in [0.5, 0.6) is 0 Å². The van der Waals surface area contributed by atoms with Crippen molar-refractivity contribution in [2.45, 2.75) is 20.1 Å². The number of carbonyl (C=O) groups is 1. The van der Waals surface area contributed by atoms with E-state index in [0.717, 1.165) is 15.6 Å². The van der Waals surface area contributed by atoms with Crippen LogP contribution >= 0.6 is 15.9 Å². The summed E-state index contributed by atoms with van der Waals surface area (Å²) in [7, 11) is 0. The summed E-state index contributed by atoms with van der Waals surface area (Å²) in [6, 6.07) is 17.7. The van der Waals surface area contributed by atoms with E-state index in [9.17, 15) is 4.79 Å². The predicted molar refractivity (Wildman–Crippen MR) is 86.9 cm³/mol. The summed E-state index contributed by atoms with van der Waals surface area (Å²) in [6.07, 6.45) is -0.288. The second kappa shape index (κ2) is 7.84. The standard InChI is InChI=1S/C17H18BrNO2/c1-2-19(12-14-6-4-3-5-7-14)17(20)21-13-15-8-10-16(18)11-9-15/h3-11H,2,12-13H2,1H3. The van der Waals surface area contributed by atoms with E-state index in [1.165, 1.54) is 0 Å². The van der Waals surface area contributed by atoms with Gasteiger partial charge in [0, 0.05) is 17.6 Å². The van der Waals surface area contributed by atoms with E-state index in [-0.39, 0.29) is 12.7 Å². The van der Waals surface area contributed by atoms with Crippen LogP contribution in [0.25, 0.3) is 0 Å². The zero-order valence-corrected chi connectivity index (χ0v) is 13.5. The summed E-state index contributed by atoms with van der Waals surface area (Å²) < 4.78 is 6.38. The number of benzene rings is 2. The topological polar surface area (TPSA) is 29.5 Å². The lowest BCUT2D eigenvalue weighted by atomic mass is 10.2. The summed E-state index contributed by atoms with van der Waals surface area (Å²) in [6.45, 7) is 3.42. The molecule has 0 spiro atoms. The Kier molecular flexibility index (Phi) is 5.81. The number of hydrogen-bond donors (Lipinski definition) is 0. The number of carbonyl (C=O) groups excluding carboxylic acids is 1. The van der Waals surface area contributed by atoms with Gasteiger partial charge in [-0.1, -0.05) is 58.4 Å². The molecule has 0 unspecified atom stereocenters. The lowest BCUT2D eigenvalue weighted by Crippen LogP contribution is -2.30. The molecule has 0 atom stereocenters. The molecule has 0 aliphatic rings. The molecule has 2 aromatic carbocycles. The Labute approximate surface area is 133 Å². The molecule has 0 fully saturated rings. The van der Waals surface area contributed by atoms with Crippen LogP contribution in [-0.2, 0) is 17.9 Å². The van der Waals surface area contributed by atoms with E-state index in [1.807, 2.05) is 61.5 Å². The molecule has 110 valence electrons. The van der Waals surface area contributed by atoms with Crippen molar-refractivity contribution < 1.29 is 9.53 Å². The quantitative estimate of drug-likeness (QED) is 0.790. The second-order valence-corrected chi connectivity index (χ2v) is 5.60. The first kappa shape index (κ1) is 15.6. The number of halogens is 1. The van der Waals surface area contributed by atoms with E-state index in [0.29, 0.717) is 13.1 Å². The summed E-state index contributed by atoms with van der Waals surface area (Å²) >= 11 is 3.38. The summed E-state index contributed by atoms with van der Waals surface area (Å²) in [4.78, 5) is 13.8. The highest BCUT2D eigenvalue weighted by molar-refractivity contribution is 9.10. The molecule has 0 aromatic heterocycles. The molecule has 0 saturated carbocycles. The molecule has 0 saturated heterocycles. The Morgan fingerprint density at radius 2 is 1.71 bits per heavy atom. The fourth-order valence-corrected chi connectivity index (χ4v) is 2.19. The van der Waals surface area contributed by atoms with Gasteiger partial charge in [0.05, 0.1) is 0 Å². The van der Waals surface area contributed by atoms with Crippen LogP contribution in [0.1, 0.15) is 18.1 Å². The Morgan fingerprint density at radius 3 is 2.33 bits per heavy atom. The summed E-state index contributed by atoms with van der Waals surface area (Å²) in [5.74, 6) is 0. The molecule has 21 heavy (non-hydrogen) atoms. The predicted octanol–water partition coefficient (Wildman–Crippen LogP) is 4.61. The van der Waals surface area contributed by atoms with Crippen molar-refractivity contribution in [3.63, 3.8) is 0 Å². The first-order valence-electron chi connectivity index (χ1n) is 6.89. The van der Waals surface area contributed by atoms with Gasteiger partial charge in [0.25, 0.3) is 0 Å². The molecule has 0 heterocycles. The smallest absolute Gasteiger partial charge is 0.410 e. The average Bonchev–Trinajstić information content (AvgIpc) is 2.52. The van der Waals surface area contributed by atoms with Crippen LogP contribution in [0.15, 0.2) is 59.1 Å². The van der Waals surface area contributed by atoms with Gasteiger partial charge in [-0.2, -0.15) is 0 Å². The van der Waals surface area contributed by atoms with Gasteiger partial charge >= 0.3 is 6.09 Å². The summed E-state index contributed by atoms with van der Waals surface area (Å²) in [5.41, 5.74) is 2.07. The zero-order valence-electron chi connectivity index (χ0n) is 12.0. The molecule has 1 amide bonds. The van der Waals surface area contributed by atoms with Gasteiger partial charge in [0.1, 0.15) is 6.61 Å². The third-order valence-corrected chi connectivity index (χ3v) is 3.66. The third-order valence-electron chi connectivity index (χ3n) is 3.13. The van der Waals surface area contributed by atoms with E-state index < -0.39 is 0 Å². The van der Waals surface area contributed by atoms with Crippen LogP contribution in [0, 0.1) is 0 Å². The lowest BCUT2D eigenvalue weighted by Gasteiger charge is -2.20. The van der Waals surface area contributed by atoms with Gasteiger partial charge in [-0.15, -0.1) is 0 Å². The Morgan fingerprint density at radius 1 is 1.05 bits per heavy atom. The fraction of sp³-hybridized carbons (Fsp3) is 0.235. The third kappa shape index (κ3) is 4.90. The van der Waals surface area contributed by atoms with Crippen molar-refractivity contribution in [2.75, 3.05) is 6.54 Å². The molecule has 4 heteroatoms. The molecular formula is C17H18BrNO2. The molecular weight excluding hydrogens is 330 g/mol. The number of ether oxygens (including phenoxy) is 1. The van der Waals surface area contributed by atoms with Crippen molar-refractivity contribution in [3.8, 4) is 0 Å². The van der Waals surface area contributed by atoms with Crippen molar-refractivity contribution in [1.82, 2.24) is 4.90 Å². The molecule has 2 aromatic rings.